The lowest BCUT2D eigenvalue weighted by atomic mass is 10.2. The number of aryl methyl sites for hydroxylation is 1. The number of carbonyl (C=O) groups excluding carboxylic acids is 1. The van der Waals surface area contributed by atoms with E-state index in [0.717, 1.165) is 53.7 Å². The molecule has 1 aliphatic rings. The topological polar surface area (TPSA) is 63.9 Å². The minimum absolute atomic E-state index is 0.180. The van der Waals surface area contributed by atoms with Crippen molar-refractivity contribution in [1.29, 1.82) is 0 Å². The third-order valence-electron chi connectivity index (χ3n) is 5.19. The molecular weight excluding hydrogens is 382 g/mol. The largest absolute Gasteiger partial charge is 0.342 e. The Morgan fingerprint density at radius 1 is 1.03 bits per heavy atom. The van der Waals surface area contributed by atoms with Crippen molar-refractivity contribution < 1.29 is 4.79 Å². The predicted octanol–water partition coefficient (Wildman–Crippen LogP) is 4.13. The molecule has 0 spiro atoms. The molecule has 4 rings (SSSR count). The number of thioether (sulfide) groups is 1. The standard InChI is InChI=1S/C22H25N5OS/c1-17-9-4-5-11-19(17)27-21(18-10-8-12-23-15-18)24-25-22(27)29-16-20(28)26-13-6-2-3-7-14-26/h4-5,8-12,15H,2-3,6-7,13-14,16H2,1H3. The average molecular weight is 408 g/mol. The number of amides is 1. The van der Waals surface area contributed by atoms with Crippen molar-refractivity contribution in [2.45, 2.75) is 37.8 Å². The Hall–Kier alpha value is -2.67. The fraction of sp³-hybridized carbons (Fsp3) is 0.364. The van der Waals surface area contributed by atoms with Gasteiger partial charge in [0.15, 0.2) is 11.0 Å². The van der Waals surface area contributed by atoms with Crippen molar-refractivity contribution in [3.63, 3.8) is 0 Å². The van der Waals surface area contributed by atoms with Crippen molar-refractivity contribution in [2.24, 2.45) is 0 Å². The van der Waals surface area contributed by atoms with E-state index in [-0.39, 0.29) is 5.91 Å². The Bertz CT molecular complexity index is 964. The zero-order chi connectivity index (χ0) is 20.1. The molecule has 7 heteroatoms. The van der Waals surface area contributed by atoms with Gasteiger partial charge in [-0.1, -0.05) is 42.8 Å². The normalized spacial score (nSPS) is 14.6. The van der Waals surface area contributed by atoms with Crippen LogP contribution < -0.4 is 0 Å². The van der Waals surface area contributed by atoms with Crippen LogP contribution in [0.4, 0.5) is 0 Å². The average Bonchev–Trinajstić information content (AvgIpc) is 2.97. The van der Waals surface area contributed by atoms with Crippen LogP contribution in [0.15, 0.2) is 53.9 Å². The number of likely N-dealkylation sites (tertiary alicyclic amines) is 1. The zero-order valence-corrected chi connectivity index (χ0v) is 17.4. The fourth-order valence-electron chi connectivity index (χ4n) is 3.61. The van der Waals surface area contributed by atoms with Gasteiger partial charge in [-0.3, -0.25) is 14.3 Å². The minimum Gasteiger partial charge on any atom is -0.342 e. The second-order valence-electron chi connectivity index (χ2n) is 7.25. The van der Waals surface area contributed by atoms with Gasteiger partial charge in [0, 0.05) is 31.0 Å². The third kappa shape index (κ3) is 4.50. The van der Waals surface area contributed by atoms with Gasteiger partial charge in [0.25, 0.3) is 0 Å². The number of aromatic nitrogens is 4. The van der Waals surface area contributed by atoms with Crippen molar-refractivity contribution in [1.82, 2.24) is 24.6 Å². The van der Waals surface area contributed by atoms with Crippen LogP contribution in [0.2, 0.25) is 0 Å². The number of para-hydroxylation sites is 1. The van der Waals surface area contributed by atoms with E-state index in [1.54, 1.807) is 12.4 Å². The monoisotopic (exact) mass is 407 g/mol. The summed E-state index contributed by atoms with van der Waals surface area (Å²) in [7, 11) is 0. The Morgan fingerprint density at radius 3 is 2.55 bits per heavy atom. The number of nitrogens with zero attached hydrogens (tertiary/aromatic N) is 5. The highest BCUT2D eigenvalue weighted by molar-refractivity contribution is 7.99. The zero-order valence-electron chi connectivity index (χ0n) is 16.6. The number of carbonyl (C=O) groups is 1. The molecule has 0 unspecified atom stereocenters. The number of pyridine rings is 1. The Morgan fingerprint density at radius 2 is 1.83 bits per heavy atom. The molecule has 1 amide bonds. The molecule has 0 aliphatic carbocycles. The van der Waals surface area contributed by atoms with Gasteiger partial charge in [-0.05, 0) is 43.5 Å². The highest BCUT2D eigenvalue weighted by Crippen LogP contribution is 2.29. The van der Waals surface area contributed by atoms with E-state index in [4.69, 9.17) is 0 Å². The Kier molecular flexibility index (Phi) is 6.24. The number of hydrogen-bond donors (Lipinski definition) is 0. The molecule has 0 atom stereocenters. The molecule has 1 fully saturated rings. The summed E-state index contributed by atoms with van der Waals surface area (Å²) in [4.78, 5) is 19.0. The molecule has 1 aromatic carbocycles. The minimum atomic E-state index is 0.180. The summed E-state index contributed by atoms with van der Waals surface area (Å²) in [6.07, 6.45) is 8.16. The van der Waals surface area contributed by atoms with Gasteiger partial charge in [-0.25, -0.2) is 0 Å². The van der Waals surface area contributed by atoms with Crippen molar-refractivity contribution >= 4 is 17.7 Å². The van der Waals surface area contributed by atoms with Crippen LogP contribution in [-0.4, -0.2) is 49.4 Å². The maximum absolute atomic E-state index is 12.8. The highest BCUT2D eigenvalue weighted by Gasteiger charge is 2.21. The van der Waals surface area contributed by atoms with Gasteiger partial charge < -0.3 is 4.90 Å². The molecule has 0 bridgehead atoms. The summed E-state index contributed by atoms with van der Waals surface area (Å²) < 4.78 is 2.03. The molecule has 0 saturated carbocycles. The Labute approximate surface area is 175 Å². The summed E-state index contributed by atoms with van der Waals surface area (Å²) in [6.45, 7) is 3.80. The quantitative estimate of drug-likeness (QED) is 0.595. The van der Waals surface area contributed by atoms with Crippen LogP contribution in [0.3, 0.4) is 0 Å². The maximum atomic E-state index is 12.8. The molecule has 0 radical (unpaired) electrons. The molecular formula is C22H25N5OS. The van der Waals surface area contributed by atoms with Crippen LogP contribution in [0.5, 0.6) is 0 Å². The van der Waals surface area contributed by atoms with Crippen LogP contribution in [0, 0.1) is 6.92 Å². The second kappa shape index (κ2) is 9.22. The van der Waals surface area contributed by atoms with E-state index in [2.05, 4.69) is 34.2 Å². The fourth-order valence-corrected chi connectivity index (χ4v) is 4.46. The highest BCUT2D eigenvalue weighted by atomic mass is 32.2. The molecule has 1 aliphatic heterocycles. The van der Waals surface area contributed by atoms with E-state index in [1.807, 2.05) is 33.7 Å². The SMILES string of the molecule is Cc1ccccc1-n1c(SCC(=O)N2CCCCCC2)nnc1-c1cccnc1. The lowest BCUT2D eigenvalue weighted by Gasteiger charge is -2.20. The molecule has 0 N–H and O–H groups in total. The molecule has 6 nitrogen and oxygen atoms in total. The van der Waals surface area contributed by atoms with E-state index in [9.17, 15) is 4.79 Å². The summed E-state index contributed by atoms with van der Waals surface area (Å²) in [6, 6.07) is 12.0. The molecule has 2 aromatic heterocycles. The summed E-state index contributed by atoms with van der Waals surface area (Å²) in [5.74, 6) is 1.29. The van der Waals surface area contributed by atoms with Crippen LogP contribution in [0.25, 0.3) is 17.1 Å². The van der Waals surface area contributed by atoms with Crippen LogP contribution >= 0.6 is 11.8 Å². The Balaban J connectivity index is 1.62. The first-order valence-electron chi connectivity index (χ1n) is 10.1. The van der Waals surface area contributed by atoms with Gasteiger partial charge in [-0.2, -0.15) is 0 Å². The van der Waals surface area contributed by atoms with Crippen LogP contribution in [0.1, 0.15) is 31.2 Å². The van der Waals surface area contributed by atoms with E-state index >= 15 is 0 Å². The lowest BCUT2D eigenvalue weighted by Crippen LogP contribution is -2.33. The van der Waals surface area contributed by atoms with Gasteiger partial charge in [0.1, 0.15) is 0 Å². The van der Waals surface area contributed by atoms with E-state index in [1.165, 1.54) is 24.6 Å². The van der Waals surface area contributed by atoms with Crippen molar-refractivity contribution in [3.8, 4) is 17.1 Å². The molecule has 150 valence electrons. The van der Waals surface area contributed by atoms with Crippen molar-refractivity contribution in [3.05, 3.63) is 54.4 Å². The van der Waals surface area contributed by atoms with Gasteiger partial charge in [-0.15, -0.1) is 10.2 Å². The number of rotatable bonds is 5. The maximum Gasteiger partial charge on any atom is 0.233 e. The molecule has 29 heavy (non-hydrogen) atoms. The van der Waals surface area contributed by atoms with E-state index in [0.29, 0.717) is 5.75 Å². The summed E-state index contributed by atoms with van der Waals surface area (Å²) in [5.41, 5.74) is 3.04. The molecule has 1 saturated heterocycles. The van der Waals surface area contributed by atoms with Crippen LogP contribution in [-0.2, 0) is 4.79 Å². The van der Waals surface area contributed by atoms with E-state index < -0.39 is 0 Å². The number of benzene rings is 1. The second-order valence-corrected chi connectivity index (χ2v) is 8.20. The van der Waals surface area contributed by atoms with Gasteiger partial charge in [0.2, 0.25) is 5.91 Å². The smallest absolute Gasteiger partial charge is 0.233 e. The molecule has 3 heterocycles. The third-order valence-corrected chi connectivity index (χ3v) is 6.11. The first kappa shape index (κ1) is 19.6. The summed E-state index contributed by atoms with van der Waals surface area (Å²) in [5, 5.41) is 9.58. The lowest BCUT2D eigenvalue weighted by molar-refractivity contribution is -0.128. The van der Waals surface area contributed by atoms with Gasteiger partial charge in [0.05, 0.1) is 11.4 Å². The first-order chi connectivity index (χ1) is 14.2. The predicted molar refractivity (Wildman–Crippen MR) is 115 cm³/mol. The van der Waals surface area contributed by atoms with Gasteiger partial charge >= 0.3 is 0 Å². The van der Waals surface area contributed by atoms with Crippen molar-refractivity contribution in [2.75, 3.05) is 18.8 Å². The first-order valence-corrected chi connectivity index (χ1v) is 11.0. The molecule has 3 aromatic rings. The number of hydrogen-bond acceptors (Lipinski definition) is 5. The summed E-state index contributed by atoms with van der Waals surface area (Å²) >= 11 is 1.45.